The summed E-state index contributed by atoms with van der Waals surface area (Å²) in [6.45, 7) is 3.14. The molecule has 0 bridgehead atoms. The van der Waals surface area contributed by atoms with Crippen LogP contribution in [0.1, 0.15) is 41.7 Å². The van der Waals surface area contributed by atoms with Crippen LogP contribution >= 0.6 is 11.6 Å². The molecule has 3 rings (SSSR count). The van der Waals surface area contributed by atoms with Gasteiger partial charge in [0.05, 0.1) is 5.54 Å². The van der Waals surface area contributed by atoms with E-state index in [1.54, 1.807) is 32.0 Å². The second-order valence-electron chi connectivity index (χ2n) is 6.45. The number of halogens is 3. The lowest BCUT2D eigenvalue weighted by molar-refractivity contribution is -0.00364. The molecule has 10 heteroatoms. The molecule has 0 saturated carbocycles. The average molecular weight is 396 g/mol. The summed E-state index contributed by atoms with van der Waals surface area (Å²) in [4.78, 5) is 19.8. The van der Waals surface area contributed by atoms with Gasteiger partial charge in [0, 0.05) is 30.0 Å². The third kappa shape index (κ3) is 3.68. The maximum atomic E-state index is 14.6. The van der Waals surface area contributed by atoms with Crippen LogP contribution in [0.2, 0.25) is 5.02 Å². The Kier molecular flexibility index (Phi) is 4.73. The van der Waals surface area contributed by atoms with Crippen molar-refractivity contribution >= 4 is 17.5 Å². The molecule has 0 aliphatic rings. The van der Waals surface area contributed by atoms with Crippen molar-refractivity contribution in [2.24, 2.45) is 7.05 Å². The molecule has 7 nitrogen and oxygen atoms in total. The Morgan fingerprint density at radius 1 is 1.33 bits per heavy atom. The van der Waals surface area contributed by atoms with E-state index in [-0.39, 0.29) is 5.82 Å². The van der Waals surface area contributed by atoms with E-state index in [1.165, 1.54) is 25.5 Å². The highest BCUT2D eigenvalue weighted by Crippen LogP contribution is 2.34. The van der Waals surface area contributed by atoms with Crippen LogP contribution in [-0.4, -0.2) is 25.6 Å². The first-order valence-corrected chi connectivity index (χ1v) is 8.27. The zero-order valence-corrected chi connectivity index (χ0v) is 15.5. The van der Waals surface area contributed by atoms with Crippen molar-refractivity contribution < 1.29 is 18.1 Å². The molecule has 0 atom stereocenters. The van der Waals surface area contributed by atoms with E-state index >= 15 is 0 Å². The highest BCUT2D eigenvalue weighted by Gasteiger charge is 2.45. The number of imidazole rings is 1. The predicted molar refractivity (Wildman–Crippen MR) is 92.4 cm³/mol. The summed E-state index contributed by atoms with van der Waals surface area (Å²) in [5.41, 5.74) is -0.851. The summed E-state index contributed by atoms with van der Waals surface area (Å²) < 4.78 is 35.1. The molecule has 0 aliphatic heterocycles. The Morgan fingerprint density at radius 3 is 2.70 bits per heavy atom. The molecular weight excluding hydrogens is 380 g/mol. The minimum absolute atomic E-state index is 0.0956. The first-order chi connectivity index (χ1) is 12.6. The Balaban J connectivity index is 1.84. The number of rotatable bonds is 5. The molecule has 0 spiro atoms. The van der Waals surface area contributed by atoms with E-state index in [9.17, 15) is 13.6 Å². The Bertz CT molecular complexity index is 983. The van der Waals surface area contributed by atoms with Gasteiger partial charge in [-0.3, -0.25) is 4.79 Å². The molecular formula is C17H16ClF2N5O2. The van der Waals surface area contributed by atoms with Crippen LogP contribution in [-0.2, 0) is 18.5 Å². The molecule has 27 heavy (non-hydrogen) atoms. The molecule has 0 fully saturated rings. The second-order valence-corrected chi connectivity index (χ2v) is 6.89. The van der Waals surface area contributed by atoms with Crippen molar-refractivity contribution in [2.45, 2.75) is 25.3 Å². The van der Waals surface area contributed by atoms with Gasteiger partial charge in [-0.1, -0.05) is 22.8 Å². The van der Waals surface area contributed by atoms with Crippen LogP contribution in [0, 0.1) is 0 Å². The number of hydrogen-bond acceptors (Lipinski definition) is 5. The van der Waals surface area contributed by atoms with Gasteiger partial charge >= 0.3 is 11.8 Å². The molecule has 2 heterocycles. The summed E-state index contributed by atoms with van der Waals surface area (Å²) in [5, 5.41) is 6.69. The van der Waals surface area contributed by atoms with Gasteiger partial charge in [0.15, 0.2) is 11.6 Å². The lowest BCUT2D eigenvalue weighted by Crippen LogP contribution is -2.42. The van der Waals surface area contributed by atoms with Crippen molar-refractivity contribution in [1.29, 1.82) is 0 Å². The van der Waals surface area contributed by atoms with Crippen LogP contribution in [0.5, 0.6) is 0 Å². The first-order valence-electron chi connectivity index (χ1n) is 7.89. The average Bonchev–Trinajstić information content (AvgIpc) is 3.24. The van der Waals surface area contributed by atoms with Crippen molar-refractivity contribution in [3.63, 3.8) is 0 Å². The minimum atomic E-state index is -3.57. The fourth-order valence-electron chi connectivity index (χ4n) is 2.41. The smallest absolute Gasteiger partial charge is 0.340 e. The molecule has 0 unspecified atom stereocenters. The standard InChI is InChI=1S/C17H16ClF2N5O2/c1-16(2,23-12(26)10-5-4-6-11(18)9-10)13-22-15(27-24-13)17(19,20)14-21-7-8-25(14)3/h4-9H,1-3H3,(H,23,26). The van der Waals surface area contributed by atoms with Gasteiger partial charge in [0.25, 0.3) is 5.91 Å². The van der Waals surface area contributed by atoms with E-state index in [4.69, 9.17) is 16.1 Å². The van der Waals surface area contributed by atoms with Gasteiger partial charge in [0.1, 0.15) is 0 Å². The van der Waals surface area contributed by atoms with Gasteiger partial charge in [-0.15, -0.1) is 0 Å². The first kappa shape index (κ1) is 19.0. The van der Waals surface area contributed by atoms with Crippen LogP contribution in [0.15, 0.2) is 41.2 Å². The van der Waals surface area contributed by atoms with Gasteiger partial charge < -0.3 is 14.4 Å². The van der Waals surface area contributed by atoms with E-state index in [2.05, 4.69) is 20.4 Å². The molecule has 0 aliphatic carbocycles. The topological polar surface area (TPSA) is 85.8 Å². The quantitative estimate of drug-likeness (QED) is 0.716. The Morgan fingerprint density at radius 2 is 2.07 bits per heavy atom. The summed E-state index contributed by atoms with van der Waals surface area (Å²) in [5.74, 6) is -5.56. The third-order valence-electron chi connectivity index (χ3n) is 3.87. The van der Waals surface area contributed by atoms with Crippen LogP contribution in [0.25, 0.3) is 0 Å². The van der Waals surface area contributed by atoms with Crippen LogP contribution in [0.3, 0.4) is 0 Å². The van der Waals surface area contributed by atoms with Gasteiger partial charge in [-0.2, -0.15) is 13.8 Å². The van der Waals surface area contributed by atoms with E-state index < -0.39 is 29.1 Å². The monoisotopic (exact) mass is 395 g/mol. The summed E-state index contributed by atoms with van der Waals surface area (Å²) in [7, 11) is 1.43. The van der Waals surface area contributed by atoms with E-state index in [0.29, 0.717) is 10.6 Å². The maximum absolute atomic E-state index is 14.6. The minimum Gasteiger partial charge on any atom is -0.340 e. The van der Waals surface area contributed by atoms with Gasteiger partial charge in [-0.05, 0) is 32.0 Å². The largest absolute Gasteiger partial charge is 0.381 e. The van der Waals surface area contributed by atoms with E-state index in [1.807, 2.05) is 0 Å². The number of benzene rings is 1. The third-order valence-corrected chi connectivity index (χ3v) is 4.10. The van der Waals surface area contributed by atoms with Gasteiger partial charge in [0.2, 0.25) is 0 Å². The number of aryl methyl sites for hydroxylation is 1. The summed E-state index contributed by atoms with van der Waals surface area (Å²) in [6.07, 6.45) is 2.63. The lowest BCUT2D eigenvalue weighted by Gasteiger charge is -2.22. The van der Waals surface area contributed by atoms with Crippen molar-refractivity contribution in [2.75, 3.05) is 0 Å². The molecule has 2 aromatic heterocycles. The number of aromatic nitrogens is 4. The highest BCUT2D eigenvalue weighted by atomic mass is 35.5. The number of nitrogens with zero attached hydrogens (tertiary/aromatic N) is 4. The second kappa shape index (κ2) is 6.73. The van der Waals surface area contributed by atoms with Crippen LogP contribution in [0.4, 0.5) is 8.78 Å². The fraction of sp³-hybridized carbons (Fsp3) is 0.294. The van der Waals surface area contributed by atoms with E-state index in [0.717, 1.165) is 4.57 Å². The van der Waals surface area contributed by atoms with Crippen molar-refractivity contribution in [3.8, 4) is 0 Å². The summed E-state index contributed by atoms with van der Waals surface area (Å²) in [6, 6.07) is 6.33. The normalized spacial score (nSPS) is 12.2. The van der Waals surface area contributed by atoms with Gasteiger partial charge in [-0.25, -0.2) is 4.98 Å². The number of alkyl halides is 2. The molecule has 3 aromatic rings. The molecule has 0 radical (unpaired) electrons. The number of carbonyl (C=O) groups is 1. The lowest BCUT2D eigenvalue weighted by atomic mass is 10.0. The zero-order valence-electron chi connectivity index (χ0n) is 14.7. The SMILES string of the molecule is Cn1ccnc1C(F)(F)c1nc(C(C)(C)NC(=O)c2cccc(Cl)c2)no1. The maximum Gasteiger partial charge on any atom is 0.381 e. The predicted octanol–water partition coefficient (Wildman–Crippen LogP) is 3.26. The molecule has 142 valence electrons. The Labute approximate surface area is 158 Å². The fourth-order valence-corrected chi connectivity index (χ4v) is 2.60. The molecule has 0 saturated heterocycles. The van der Waals surface area contributed by atoms with Crippen molar-refractivity contribution in [1.82, 2.24) is 25.0 Å². The van der Waals surface area contributed by atoms with Crippen LogP contribution < -0.4 is 5.32 Å². The number of nitrogens with one attached hydrogen (secondary N) is 1. The molecule has 1 amide bonds. The molecule has 1 aromatic carbocycles. The number of amides is 1. The Hall–Kier alpha value is -2.81. The summed E-state index contributed by atoms with van der Waals surface area (Å²) >= 11 is 5.88. The number of carbonyl (C=O) groups excluding carboxylic acids is 1. The number of hydrogen-bond donors (Lipinski definition) is 1. The zero-order chi connectivity index (χ0) is 19.8. The highest BCUT2D eigenvalue weighted by molar-refractivity contribution is 6.30. The van der Waals surface area contributed by atoms with Crippen molar-refractivity contribution in [3.05, 3.63) is 64.8 Å². The molecule has 1 N–H and O–H groups in total.